The van der Waals surface area contributed by atoms with Crippen molar-refractivity contribution in [2.24, 2.45) is 0 Å². The van der Waals surface area contributed by atoms with Gasteiger partial charge in [0.2, 0.25) is 3.79 Å². The summed E-state index contributed by atoms with van der Waals surface area (Å²) in [6, 6.07) is 4.09. The molecule has 7 nitrogen and oxygen atoms in total. The van der Waals surface area contributed by atoms with Crippen LogP contribution in [0.25, 0.3) is 0 Å². The zero-order valence-electron chi connectivity index (χ0n) is 16.2. The first-order valence-electron chi connectivity index (χ1n) is 8.76. The number of carbonyl (C=O) groups excluding carboxylic acids is 3. The first kappa shape index (κ1) is 26.2. The number of rotatable bonds is 8. The standard InChI is InChI=1S/C19H16Cl3F3O7/c1-11(16(28)30-7-15(27)31-10-18(20,21)22)6-14(26)32-17(8-29-9-17)12-2-4-13(5-3-12)19(23,24)25/h2-5H,1,6-10H2. The molecule has 1 aromatic rings. The van der Waals surface area contributed by atoms with Gasteiger partial charge in [-0.3, -0.25) is 4.79 Å². The highest BCUT2D eigenvalue weighted by molar-refractivity contribution is 6.67. The molecular weight excluding hydrogens is 504 g/mol. The van der Waals surface area contributed by atoms with Gasteiger partial charge in [-0.15, -0.1) is 0 Å². The predicted octanol–water partition coefficient (Wildman–Crippen LogP) is 3.88. The molecule has 1 heterocycles. The largest absolute Gasteiger partial charge is 0.459 e. The quantitative estimate of drug-likeness (QED) is 0.223. The Hall–Kier alpha value is -2.01. The number of alkyl halides is 6. The van der Waals surface area contributed by atoms with E-state index in [4.69, 9.17) is 44.3 Å². The zero-order chi connectivity index (χ0) is 24.2. The molecule has 32 heavy (non-hydrogen) atoms. The van der Waals surface area contributed by atoms with E-state index >= 15 is 0 Å². The van der Waals surface area contributed by atoms with E-state index in [2.05, 4.69) is 16.1 Å². The van der Waals surface area contributed by atoms with Crippen LogP contribution in [0.4, 0.5) is 13.2 Å². The van der Waals surface area contributed by atoms with E-state index in [1.54, 1.807) is 0 Å². The molecule has 0 saturated carbocycles. The molecule has 1 aliphatic rings. The summed E-state index contributed by atoms with van der Waals surface area (Å²) in [6.07, 6.45) is -5.10. The summed E-state index contributed by atoms with van der Waals surface area (Å²) < 4.78 is 56.0. The minimum absolute atomic E-state index is 0.0733. The third-order valence-corrected chi connectivity index (χ3v) is 4.41. The molecular formula is C19H16Cl3F3O7. The van der Waals surface area contributed by atoms with Crippen molar-refractivity contribution in [1.29, 1.82) is 0 Å². The lowest BCUT2D eigenvalue weighted by atomic mass is 9.91. The molecule has 1 aliphatic heterocycles. The average molecular weight is 520 g/mol. The van der Waals surface area contributed by atoms with Gasteiger partial charge >= 0.3 is 24.1 Å². The lowest BCUT2D eigenvalue weighted by Crippen LogP contribution is -2.50. The van der Waals surface area contributed by atoms with Crippen molar-refractivity contribution in [3.63, 3.8) is 0 Å². The second kappa shape index (κ2) is 10.3. The fourth-order valence-corrected chi connectivity index (χ4v) is 2.63. The van der Waals surface area contributed by atoms with Gasteiger partial charge in [-0.25, -0.2) is 9.59 Å². The third kappa shape index (κ3) is 7.54. The normalized spacial score (nSPS) is 15.3. The minimum atomic E-state index is -4.51. The highest BCUT2D eigenvalue weighted by Gasteiger charge is 2.45. The smallest absolute Gasteiger partial charge is 0.416 e. The molecule has 0 N–H and O–H groups in total. The SMILES string of the molecule is C=C(CC(=O)OC1(c2ccc(C(F)(F)F)cc2)COC1)C(=O)OCC(=O)OCC(Cl)(Cl)Cl. The fourth-order valence-electron chi connectivity index (χ4n) is 2.47. The van der Waals surface area contributed by atoms with Gasteiger partial charge in [0.1, 0.15) is 6.61 Å². The van der Waals surface area contributed by atoms with E-state index in [1.807, 2.05) is 0 Å². The molecule has 13 heteroatoms. The molecule has 0 spiro atoms. The van der Waals surface area contributed by atoms with Crippen molar-refractivity contribution >= 4 is 52.7 Å². The molecule has 0 amide bonds. The van der Waals surface area contributed by atoms with Gasteiger partial charge in [-0.2, -0.15) is 13.2 Å². The average Bonchev–Trinajstić information content (AvgIpc) is 2.66. The van der Waals surface area contributed by atoms with E-state index < -0.39 is 58.7 Å². The maximum atomic E-state index is 12.7. The third-order valence-electron chi connectivity index (χ3n) is 4.08. The summed E-state index contributed by atoms with van der Waals surface area (Å²) >= 11 is 16.2. The van der Waals surface area contributed by atoms with Gasteiger partial charge in [0.05, 0.1) is 25.2 Å². The predicted molar refractivity (Wildman–Crippen MR) is 106 cm³/mol. The topological polar surface area (TPSA) is 88.1 Å². The molecule has 176 valence electrons. The molecule has 2 rings (SSSR count). The van der Waals surface area contributed by atoms with Crippen LogP contribution in [0.3, 0.4) is 0 Å². The van der Waals surface area contributed by atoms with E-state index in [1.165, 1.54) is 12.1 Å². The summed E-state index contributed by atoms with van der Waals surface area (Å²) in [5.41, 5.74) is -2.17. The number of carbonyl (C=O) groups is 3. The summed E-state index contributed by atoms with van der Waals surface area (Å²) in [4.78, 5) is 35.6. The molecule has 0 radical (unpaired) electrons. The van der Waals surface area contributed by atoms with Crippen LogP contribution in [0.2, 0.25) is 0 Å². The highest BCUT2D eigenvalue weighted by atomic mass is 35.6. The molecule has 0 aromatic heterocycles. The second-order valence-electron chi connectivity index (χ2n) is 6.67. The van der Waals surface area contributed by atoms with Gasteiger partial charge in [0.25, 0.3) is 0 Å². The molecule has 0 atom stereocenters. The van der Waals surface area contributed by atoms with Crippen LogP contribution in [-0.4, -0.2) is 48.1 Å². The molecule has 1 fully saturated rings. The van der Waals surface area contributed by atoms with E-state index in [0.29, 0.717) is 5.56 Å². The first-order valence-corrected chi connectivity index (χ1v) is 9.90. The number of hydrogen-bond donors (Lipinski definition) is 0. The van der Waals surface area contributed by atoms with Gasteiger partial charge in [0, 0.05) is 11.1 Å². The van der Waals surface area contributed by atoms with Gasteiger partial charge < -0.3 is 18.9 Å². The Morgan fingerprint density at radius 1 is 1.03 bits per heavy atom. The summed E-state index contributed by atoms with van der Waals surface area (Å²) in [5, 5.41) is 0. The van der Waals surface area contributed by atoms with Gasteiger partial charge in [0.15, 0.2) is 12.2 Å². The van der Waals surface area contributed by atoms with Crippen LogP contribution >= 0.6 is 34.8 Å². The Morgan fingerprint density at radius 3 is 2.09 bits per heavy atom. The zero-order valence-corrected chi connectivity index (χ0v) is 18.4. The van der Waals surface area contributed by atoms with Crippen molar-refractivity contribution in [3.8, 4) is 0 Å². The van der Waals surface area contributed by atoms with Crippen LogP contribution in [0.5, 0.6) is 0 Å². The lowest BCUT2D eigenvalue weighted by molar-refractivity contribution is -0.218. The Bertz CT molecular complexity index is 876. The fraction of sp³-hybridized carbons (Fsp3) is 0.421. The van der Waals surface area contributed by atoms with Gasteiger partial charge in [-0.05, 0) is 12.1 Å². The number of ether oxygens (including phenoxy) is 4. The number of benzene rings is 1. The van der Waals surface area contributed by atoms with Crippen molar-refractivity contribution in [2.45, 2.75) is 22.0 Å². The van der Waals surface area contributed by atoms with Crippen LogP contribution in [-0.2, 0) is 45.1 Å². The van der Waals surface area contributed by atoms with Crippen molar-refractivity contribution < 1.29 is 46.5 Å². The number of halogens is 6. The Balaban J connectivity index is 1.88. The molecule has 0 aliphatic carbocycles. The van der Waals surface area contributed by atoms with Crippen molar-refractivity contribution in [2.75, 3.05) is 26.4 Å². The molecule has 1 aromatic carbocycles. The Kier molecular flexibility index (Phi) is 8.44. The van der Waals surface area contributed by atoms with E-state index in [0.717, 1.165) is 12.1 Å². The summed E-state index contributed by atoms with van der Waals surface area (Å²) in [7, 11) is 0. The Labute approximate surface area is 195 Å². The highest BCUT2D eigenvalue weighted by Crippen LogP contribution is 2.36. The Morgan fingerprint density at radius 2 is 1.62 bits per heavy atom. The van der Waals surface area contributed by atoms with Crippen molar-refractivity contribution in [3.05, 3.63) is 47.5 Å². The number of hydrogen-bond acceptors (Lipinski definition) is 7. The molecule has 0 bridgehead atoms. The van der Waals surface area contributed by atoms with E-state index in [9.17, 15) is 27.6 Å². The number of esters is 3. The maximum Gasteiger partial charge on any atom is 0.416 e. The molecule has 1 saturated heterocycles. The van der Waals surface area contributed by atoms with Crippen LogP contribution in [0.15, 0.2) is 36.4 Å². The summed E-state index contributed by atoms with van der Waals surface area (Å²) in [5.74, 6) is -2.96. The van der Waals surface area contributed by atoms with Crippen LogP contribution < -0.4 is 0 Å². The van der Waals surface area contributed by atoms with Crippen molar-refractivity contribution in [1.82, 2.24) is 0 Å². The lowest BCUT2D eigenvalue weighted by Gasteiger charge is -2.41. The van der Waals surface area contributed by atoms with E-state index in [-0.39, 0.29) is 18.8 Å². The van der Waals surface area contributed by atoms with Crippen LogP contribution in [0, 0.1) is 0 Å². The monoisotopic (exact) mass is 518 g/mol. The molecule has 0 unspecified atom stereocenters. The second-order valence-corrected chi connectivity index (χ2v) is 9.18. The van der Waals surface area contributed by atoms with Crippen LogP contribution in [0.1, 0.15) is 17.5 Å². The minimum Gasteiger partial charge on any atom is -0.459 e. The first-order chi connectivity index (χ1) is 14.7. The maximum absolute atomic E-state index is 12.7. The van der Waals surface area contributed by atoms with Gasteiger partial charge in [-0.1, -0.05) is 53.5 Å². The summed E-state index contributed by atoms with van der Waals surface area (Å²) in [6.45, 7) is 1.88.